The lowest BCUT2D eigenvalue weighted by molar-refractivity contribution is -0.385. The van der Waals surface area contributed by atoms with Crippen LogP contribution in [0.1, 0.15) is 11.3 Å². The highest BCUT2D eigenvalue weighted by Gasteiger charge is 2.15. The van der Waals surface area contributed by atoms with E-state index in [-0.39, 0.29) is 17.9 Å². The highest BCUT2D eigenvalue weighted by molar-refractivity contribution is 5.83. The van der Waals surface area contributed by atoms with Crippen LogP contribution in [0.5, 0.6) is 0 Å². The molecule has 0 unspecified atom stereocenters. The molecule has 0 saturated heterocycles. The Labute approximate surface area is 144 Å². The number of rotatable bonds is 5. The van der Waals surface area contributed by atoms with E-state index in [1.807, 2.05) is 30.0 Å². The van der Waals surface area contributed by atoms with Crippen LogP contribution in [0, 0.1) is 17.0 Å². The average molecular weight is 338 g/mol. The molecule has 0 aliphatic carbocycles. The van der Waals surface area contributed by atoms with E-state index < -0.39 is 4.92 Å². The molecule has 7 heteroatoms. The van der Waals surface area contributed by atoms with E-state index in [1.54, 1.807) is 31.3 Å². The first-order valence-corrected chi connectivity index (χ1v) is 7.84. The Morgan fingerprint density at radius 1 is 1.12 bits per heavy atom. The molecule has 0 amide bonds. The molecule has 3 rings (SSSR count). The summed E-state index contributed by atoms with van der Waals surface area (Å²) in [7, 11) is 1.80. The molecule has 0 aliphatic rings. The van der Waals surface area contributed by atoms with Crippen molar-refractivity contribution in [3.8, 4) is 0 Å². The summed E-state index contributed by atoms with van der Waals surface area (Å²) in [6, 6.07) is 14.0. The summed E-state index contributed by atoms with van der Waals surface area (Å²) >= 11 is 0. The van der Waals surface area contributed by atoms with Crippen LogP contribution in [0.2, 0.25) is 0 Å². The third-order valence-corrected chi connectivity index (χ3v) is 4.06. The summed E-state index contributed by atoms with van der Waals surface area (Å²) in [5, 5.41) is 17.0. The molecular formula is C18H18N4O3. The number of hydrogen-bond donors (Lipinski definition) is 0. The van der Waals surface area contributed by atoms with Gasteiger partial charge in [0.15, 0.2) is 0 Å². The molecule has 1 heterocycles. The molecule has 0 fully saturated rings. The average Bonchev–Trinajstić information content (AvgIpc) is 2.59. The summed E-state index contributed by atoms with van der Waals surface area (Å²) in [6.45, 7) is 2.45. The summed E-state index contributed by atoms with van der Waals surface area (Å²) in [6.07, 6.45) is 0. The molecule has 0 radical (unpaired) electrons. The Balaban J connectivity index is 1.88. The second-order valence-electron chi connectivity index (χ2n) is 5.98. The Morgan fingerprint density at radius 3 is 2.48 bits per heavy atom. The lowest BCUT2D eigenvalue weighted by atomic mass is 10.1. The van der Waals surface area contributed by atoms with Gasteiger partial charge in [0.1, 0.15) is 0 Å². The highest BCUT2D eigenvalue weighted by atomic mass is 16.6. The lowest BCUT2D eigenvalue weighted by Gasteiger charge is -2.18. The molecule has 7 nitrogen and oxygen atoms in total. The van der Waals surface area contributed by atoms with Crippen molar-refractivity contribution in [3.63, 3.8) is 0 Å². The van der Waals surface area contributed by atoms with Gasteiger partial charge in [-0.1, -0.05) is 36.4 Å². The van der Waals surface area contributed by atoms with Gasteiger partial charge in [0, 0.05) is 23.6 Å². The van der Waals surface area contributed by atoms with Crippen LogP contribution in [-0.4, -0.2) is 26.7 Å². The quantitative estimate of drug-likeness (QED) is 0.528. The minimum atomic E-state index is -0.395. The molecule has 0 bridgehead atoms. The topological polar surface area (TPSA) is 81.3 Å². The minimum absolute atomic E-state index is 0.0735. The molecule has 0 saturated carbocycles. The van der Waals surface area contributed by atoms with Crippen LogP contribution < -0.4 is 5.56 Å². The van der Waals surface area contributed by atoms with Crippen molar-refractivity contribution in [2.75, 3.05) is 7.05 Å². The van der Waals surface area contributed by atoms with E-state index in [2.05, 4.69) is 5.10 Å². The maximum absolute atomic E-state index is 12.6. The van der Waals surface area contributed by atoms with Crippen LogP contribution >= 0.6 is 0 Å². The van der Waals surface area contributed by atoms with Gasteiger partial charge in [0.25, 0.3) is 11.2 Å². The molecule has 128 valence electrons. The van der Waals surface area contributed by atoms with Crippen molar-refractivity contribution in [1.82, 2.24) is 14.7 Å². The third-order valence-electron chi connectivity index (χ3n) is 4.06. The lowest BCUT2D eigenvalue weighted by Crippen LogP contribution is -2.32. The van der Waals surface area contributed by atoms with Crippen molar-refractivity contribution in [2.45, 2.75) is 20.1 Å². The second kappa shape index (κ2) is 6.82. The summed E-state index contributed by atoms with van der Waals surface area (Å²) < 4.78 is 1.40. The fourth-order valence-corrected chi connectivity index (χ4v) is 2.89. The monoisotopic (exact) mass is 338 g/mol. The number of aromatic nitrogens is 2. The Kier molecular flexibility index (Phi) is 4.58. The Hall–Kier alpha value is -3.06. The number of para-hydroxylation sites is 1. The molecule has 0 aliphatic heterocycles. The summed E-state index contributed by atoms with van der Waals surface area (Å²) in [5.41, 5.74) is 1.27. The fourth-order valence-electron chi connectivity index (χ4n) is 2.89. The van der Waals surface area contributed by atoms with E-state index in [1.165, 1.54) is 10.7 Å². The normalized spacial score (nSPS) is 11.2. The number of benzene rings is 2. The molecule has 25 heavy (non-hydrogen) atoms. The molecule has 3 aromatic rings. The minimum Gasteiger partial charge on any atom is -0.283 e. The number of nitro groups is 1. The van der Waals surface area contributed by atoms with Gasteiger partial charge >= 0.3 is 0 Å². The highest BCUT2D eigenvalue weighted by Crippen LogP contribution is 2.19. The van der Waals surface area contributed by atoms with Gasteiger partial charge in [-0.05, 0) is 20.0 Å². The van der Waals surface area contributed by atoms with Crippen molar-refractivity contribution in [2.24, 2.45) is 0 Å². The molecular weight excluding hydrogens is 320 g/mol. The predicted octanol–water partition coefficient (Wildman–Crippen LogP) is 2.70. The van der Waals surface area contributed by atoms with Crippen molar-refractivity contribution < 1.29 is 4.92 Å². The van der Waals surface area contributed by atoms with Crippen LogP contribution in [0.4, 0.5) is 5.69 Å². The van der Waals surface area contributed by atoms with E-state index in [0.29, 0.717) is 17.5 Å². The van der Waals surface area contributed by atoms with E-state index in [9.17, 15) is 14.9 Å². The van der Waals surface area contributed by atoms with Gasteiger partial charge < -0.3 is 0 Å². The zero-order chi connectivity index (χ0) is 18.0. The van der Waals surface area contributed by atoms with E-state index in [4.69, 9.17) is 0 Å². The maximum atomic E-state index is 12.6. The number of nitro benzene ring substituents is 1. The van der Waals surface area contributed by atoms with Crippen LogP contribution in [-0.2, 0) is 13.2 Å². The van der Waals surface area contributed by atoms with Crippen LogP contribution in [0.3, 0.4) is 0 Å². The van der Waals surface area contributed by atoms with Gasteiger partial charge in [0.2, 0.25) is 0 Å². The Morgan fingerprint density at radius 2 is 1.76 bits per heavy atom. The molecule has 1 aromatic heterocycles. The zero-order valence-electron chi connectivity index (χ0n) is 14.0. The third kappa shape index (κ3) is 3.41. The maximum Gasteiger partial charge on any atom is 0.275 e. The van der Waals surface area contributed by atoms with Crippen molar-refractivity contribution in [3.05, 3.63) is 80.3 Å². The van der Waals surface area contributed by atoms with Gasteiger partial charge in [-0.15, -0.1) is 0 Å². The second-order valence-corrected chi connectivity index (χ2v) is 5.98. The van der Waals surface area contributed by atoms with Gasteiger partial charge in [-0.25, -0.2) is 4.68 Å². The largest absolute Gasteiger partial charge is 0.283 e. The van der Waals surface area contributed by atoms with Crippen molar-refractivity contribution >= 4 is 16.5 Å². The fraction of sp³-hybridized carbons (Fsp3) is 0.222. The van der Waals surface area contributed by atoms with Crippen molar-refractivity contribution in [1.29, 1.82) is 0 Å². The molecule has 0 N–H and O–H groups in total. The molecule has 0 atom stereocenters. The zero-order valence-corrected chi connectivity index (χ0v) is 14.0. The standard InChI is InChI=1S/C18H18N4O3/c1-13-15-8-4-5-9-16(15)18(23)21(19-13)12-20(2)11-14-7-3-6-10-17(14)22(24)25/h3-10H,11-12H2,1-2H3. The predicted molar refractivity (Wildman–Crippen MR) is 95.3 cm³/mol. The summed E-state index contributed by atoms with van der Waals surface area (Å²) in [4.78, 5) is 25.2. The number of nitrogens with zero attached hydrogens (tertiary/aromatic N) is 4. The Bertz CT molecular complexity index is 997. The van der Waals surface area contributed by atoms with Gasteiger partial charge in [-0.3, -0.25) is 19.8 Å². The van der Waals surface area contributed by atoms with Crippen LogP contribution in [0.25, 0.3) is 10.8 Å². The number of aryl methyl sites for hydroxylation is 1. The summed E-state index contributed by atoms with van der Waals surface area (Å²) in [5.74, 6) is 0. The number of hydrogen-bond acceptors (Lipinski definition) is 5. The first-order valence-electron chi connectivity index (χ1n) is 7.84. The van der Waals surface area contributed by atoms with Crippen LogP contribution in [0.15, 0.2) is 53.3 Å². The van der Waals surface area contributed by atoms with Gasteiger partial charge in [0.05, 0.1) is 22.7 Å². The SMILES string of the molecule is Cc1nn(CN(C)Cc2ccccc2[N+](=O)[O-])c(=O)c2ccccc12. The van der Waals surface area contributed by atoms with E-state index >= 15 is 0 Å². The van der Waals surface area contributed by atoms with Gasteiger partial charge in [-0.2, -0.15) is 5.10 Å². The molecule has 0 spiro atoms. The van der Waals surface area contributed by atoms with E-state index in [0.717, 1.165) is 11.1 Å². The first kappa shape index (κ1) is 16.8. The first-order chi connectivity index (χ1) is 12.0. The smallest absolute Gasteiger partial charge is 0.275 e. The molecule has 2 aromatic carbocycles. The number of fused-ring (bicyclic) bond motifs is 1.